The molecule has 1 atom stereocenters. The van der Waals surface area contributed by atoms with Gasteiger partial charge in [0.2, 0.25) is 11.1 Å². The number of thioether (sulfide) groups is 1. The van der Waals surface area contributed by atoms with E-state index in [4.69, 9.17) is 23.2 Å². The minimum Gasteiger partial charge on any atom is -0.324 e. The molecule has 2 aromatic heterocycles. The Kier molecular flexibility index (Phi) is 5.17. The van der Waals surface area contributed by atoms with E-state index in [9.17, 15) is 4.79 Å². The molecule has 0 unspecified atom stereocenters. The van der Waals surface area contributed by atoms with Crippen LogP contribution < -0.4 is 5.32 Å². The predicted octanol–water partition coefficient (Wildman–Crippen LogP) is 4.17. The zero-order chi connectivity index (χ0) is 18.1. The Hall–Kier alpha value is -1.83. The van der Waals surface area contributed by atoms with Crippen molar-refractivity contribution >= 4 is 52.3 Å². The van der Waals surface area contributed by atoms with Crippen LogP contribution in [-0.4, -0.2) is 30.7 Å². The van der Waals surface area contributed by atoms with Gasteiger partial charge in [-0.25, -0.2) is 9.50 Å². The summed E-state index contributed by atoms with van der Waals surface area (Å²) < 4.78 is 1.66. The number of rotatable bonds is 4. The third kappa shape index (κ3) is 4.05. The van der Waals surface area contributed by atoms with Crippen LogP contribution in [0, 0.1) is 13.8 Å². The zero-order valence-electron chi connectivity index (χ0n) is 13.7. The van der Waals surface area contributed by atoms with Crippen LogP contribution in [0.25, 0.3) is 5.78 Å². The fraction of sp³-hybridized carbons (Fsp3) is 0.250. The Morgan fingerprint density at radius 1 is 1.24 bits per heavy atom. The number of hydrogen-bond acceptors (Lipinski definition) is 5. The maximum absolute atomic E-state index is 12.4. The van der Waals surface area contributed by atoms with Crippen LogP contribution in [0.5, 0.6) is 0 Å². The van der Waals surface area contributed by atoms with Gasteiger partial charge in [0.25, 0.3) is 5.78 Å². The van der Waals surface area contributed by atoms with Crippen molar-refractivity contribution < 1.29 is 4.79 Å². The summed E-state index contributed by atoms with van der Waals surface area (Å²) in [4.78, 5) is 21.1. The lowest BCUT2D eigenvalue weighted by molar-refractivity contribution is -0.115. The molecule has 130 valence electrons. The zero-order valence-corrected chi connectivity index (χ0v) is 16.1. The average molecular weight is 396 g/mol. The van der Waals surface area contributed by atoms with Gasteiger partial charge in [-0.2, -0.15) is 4.98 Å². The van der Waals surface area contributed by atoms with E-state index < -0.39 is 5.25 Å². The van der Waals surface area contributed by atoms with Crippen LogP contribution in [-0.2, 0) is 4.79 Å². The van der Waals surface area contributed by atoms with Crippen molar-refractivity contribution in [2.24, 2.45) is 0 Å². The van der Waals surface area contributed by atoms with E-state index in [0.717, 1.165) is 11.4 Å². The monoisotopic (exact) mass is 395 g/mol. The summed E-state index contributed by atoms with van der Waals surface area (Å²) >= 11 is 13.3. The number of hydrogen-bond donors (Lipinski definition) is 1. The fourth-order valence-electron chi connectivity index (χ4n) is 2.24. The summed E-state index contributed by atoms with van der Waals surface area (Å²) in [7, 11) is 0. The Morgan fingerprint density at radius 2 is 2.00 bits per heavy atom. The van der Waals surface area contributed by atoms with Gasteiger partial charge in [-0.05, 0) is 45.0 Å². The minimum absolute atomic E-state index is 0.214. The van der Waals surface area contributed by atoms with E-state index >= 15 is 0 Å². The molecular weight excluding hydrogens is 381 g/mol. The fourth-order valence-corrected chi connectivity index (χ4v) is 3.32. The van der Waals surface area contributed by atoms with Crippen LogP contribution >= 0.6 is 35.0 Å². The summed E-state index contributed by atoms with van der Waals surface area (Å²) in [5.74, 6) is 0.305. The molecule has 1 N–H and O–H groups in total. The molecule has 0 spiro atoms. The number of anilines is 1. The van der Waals surface area contributed by atoms with Gasteiger partial charge >= 0.3 is 0 Å². The number of nitrogens with zero attached hydrogens (tertiary/aromatic N) is 4. The second-order valence-electron chi connectivity index (χ2n) is 5.52. The molecule has 0 bridgehead atoms. The lowest BCUT2D eigenvalue weighted by atomic mass is 10.3. The van der Waals surface area contributed by atoms with Gasteiger partial charge in [0.05, 0.1) is 16.0 Å². The van der Waals surface area contributed by atoms with Crippen LogP contribution in [0.3, 0.4) is 0 Å². The first-order valence-corrected chi connectivity index (χ1v) is 9.10. The molecule has 1 amide bonds. The van der Waals surface area contributed by atoms with E-state index in [1.165, 1.54) is 11.8 Å². The molecule has 0 fully saturated rings. The van der Waals surface area contributed by atoms with Crippen LogP contribution in [0.2, 0.25) is 10.0 Å². The van der Waals surface area contributed by atoms with Crippen molar-refractivity contribution in [2.45, 2.75) is 31.2 Å². The van der Waals surface area contributed by atoms with Gasteiger partial charge in [0.15, 0.2) is 0 Å². The van der Waals surface area contributed by atoms with E-state index in [2.05, 4.69) is 20.4 Å². The SMILES string of the molecule is Cc1cc(C)n2nc(S[C@@H](C)C(=O)Nc3cc(Cl)ccc3Cl)nc2n1. The highest BCUT2D eigenvalue weighted by Crippen LogP contribution is 2.27. The summed E-state index contributed by atoms with van der Waals surface area (Å²) in [5.41, 5.74) is 2.28. The number of amides is 1. The number of carbonyl (C=O) groups excluding carboxylic acids is 1. The third-order valence-corrected chi connectivity index (χ3v) is 4.95. The predicted molar refractivity (Wildman–Crippen MR) is 101 cm³/mol. The first-order chi connectivity index (χ1) is 11.8. The van der Waals surface area contributed by atoms with Gasteiger partial charge in [0.1, 0.15) is 0 Å². The van der Waals surface area contributed by atoms with E-state index in [1.807, 2.05) is 19.9 Å². The van der Waals surface area contributed by atoms with Crippen LogP contribution in [0.15, 0.2) is 29.4 Å². The summed E-state index contributed by atoms with van der Waals surface area (Å²) in [6.45, 7) is 5.61. The van der Waals surface area contributed by atoms with Crippen molar-refractivity contribution in [3.05, 3.63) is 45.7 Å². The van der Waals surface area contributed by atoms with Crippen LogP contribution in [0.4, 0.5) is 5.69 Å². The quantitative estimate of drug-likeness (QED) is 0.671. The largest absolute Gasteiger partial charge is 0.324 e. The van der Waals surface area contributed by atoms with Crippen LogP contribution in [0.1, 0.15) is 18.3 Å². The highest BCUT2D eigenvalue weighted by atomic mass is 35.5. The van der Waals surface area contributed by atoms with Gasteiger partial charge in [0, 0.05) is 16.4 Å². The van der Waals surface area contributed by atoms with Gasteiger partial charge in [-0.3, -0.25) is 4.79 Å². The molecule has 0 radical (unpaired) electrons. The topological polar surface area (TPSA) is 72.2 Å². The van der Waals surface area contributed by atoms with Gasteiger partial charge in [-0.1, -0.05) is 35.0 Å². The van der Waals surface area contributed by atoms with Crippen molar-refractivity contribution in [1.82, 2.24) is 19.6 Å². The molecule has 25 heavy (non-hydrogen) atoms. The summed E-state index contributed by atoms with van der Waals surface area (Å²) in [5, 5.41) is 8.16. The molecule has 0 aliphatic rings. The lowest BCUT2D eigenvalue weighted by Gasteiger charge is -2.11. The van der Waals surface area contributed by atoms with Crippen molar-refractivity contribution in [3.63, 3.8) is 0 Å². The number of aryl methyl sites for hydroxylation is 2. The Labute approximate surface area is 158 Å². The molecule has 6 nitrogen and oxygen atoms in total. The number of halogens is 2. The number of aromatic nitrogens is 4. The number of fused-ring (bicyclic) bond motifs is 1. The molecule has 0 aliphatic carbocycles. The van der Waals surface area contributed by atoms with E-state index in [0.29, 0.717) is 26.7 Å². The maximum atomic E-state index is 12.4. The smallest absolute Gasteiger partial charge is 0.253 e. The lowest BCUT2D eigenvalue weighted by Crippen LogP contribution is -2.22. The number of benzene rings is 1. The number of nitrogens with one attached hydrogen (secondary N) is 1. The highest BCUT2D eigenvalue weighted by Gasteiger charge is 2.19. The first kappa shape index (κ1) is 18.0. The molecule has 1 aromatic carbocycles. The maximum Gasteiger partial charge on any atom is 0.253 e. The van der Waals surface area contributed by atoms with Gasteiger partial charge < -0.3 is 5.32 Å². The average Bonchev–Trinajstić information content (AvgIpc) is 2.93. The molecule has 0 aliphatic heterocycles. The van der Waals surface area contributed by atoms with Crippen molar-refractivity contribution in [3.8, 4) is 0 Å². The molecule has 0 saturated carbocycles. The molecule has 2 heterocycles. The van der Waals surface area contributed by atoms with Crippen molar-refractivity contribution in [2.75, 3.05) is 5.32 Å². The second-order valence-corrected chi connectivity index (χ2v) is 7.67. The Balaban J connectivity index is 1.75. The van der Waals surface area contributed by atoms with Crippen molar-refractivity contribution in [1.29, 1.82) is 0 Å². The van der Waals surface area contributed by atoms with E-state index in [-0.39, 0.29) is 5.91 Å². The molecule has 3 rings (SSSR count). The standard InChI is InChI=1S/C16H15Cl2N5OS/c1-8-6-9(2)23-15(19-8)21-16(22-23)25-10(3)14(24)20-13-7-11(17)4-5-12(13)18/h4-7,10H,1-3H3,(H,20,24)/t10-/m0/s1. The minimum atomic E-state index is -0.422. The Bertz CT molecular complexity index is 959. The summed E-state index contributed by atoms with van der Waals surface area (Å²) in [6, 6.07) is 6.83. The second kappa shape index (κ2) is 7.19. The van der Waals surface area contributed by atoms with Gasteiger partial charge in [-0.15, -0.1) is 5.10 Å². The summed E-state index contributed by atoms with van der Waals surface area (Å²) in [6.07, 6.45) is 0. The molecular formula is C16H15Cl2N5OS. The normalized spacial score (nSPS) is 12.4. The molecule has 0 saturated heterocycles. The molecule has 9 heteroatoms. The Morgan fingerprint density at radius 3 is 2.76 bits per heavy atom. The van der Waals surface area contributed by atoms with E-state index in [1.54, 1.807) is 29.6 Å². The third-order valence-electron chi connectivity index (χ3n) is 3.44. The first-order valence-electron chi connectivity index (χ1n) is 7.47. The number of carbonyl (C=O) groups is 1. The highest BCUT2D eigenvalue weighted by molar-refractivity contribution is 8.00. The molecule has 3 aromatic rings.